The zero-order valence-electron chi connectivity index (χ0n) is 8.62. The molecule has 0 bridgehead atoms. The molecule has 1 aliphatic heterocycles. The molecule has 3 heteroatoms. The van der Waals surface area contributed by atoms with Crippen LogP contribution in [0, 0.1) is 5.92 Å². The number of rotatable bonds is 4. The van der Waals surface area contributed by atoms with Crippen molar-refractivity contribution in [2.45, 2.75) is 38.8 Å². The van der Waals surface area contributed by atoms with Crippen molar-refractivity contribution < 1.29 is 5.11 Å². The van der Waals surface area contributed by atoms with Crippen molar-refractivity contribution in [2.24, 2.45) is 5.92 Å². The third-order valence-corrected chi connectivity index (χ3v) is 3.91. The van der Waals surface area contributed by atoms with Crippen LogP contribution in [0.1, 0.15) is 26.7 Å². The lowest BCUT2D eigenvalue weighted by molar-refractivity contribution is 0.199. The summed E-state index contributed by atoms with van der Waals surface area (Å²) in [4.78, 5) is 0. The van der Waals surface area contributed by atoms with Gasteiger partial charge in [0.1, 0.15) is 0 Å². The molecule has 0 radical (unpaired) electrons. The van der Waals surface area contributed by atoms with Gasteiger partial charge in [-0.25, -0.2) is 0 Å². The van der Waals surface area contributed by atoms with Crippen LogP contribution in [0.2, 0.25) is 0 Å². The van der Waals surface area contributed by atoms with Crippen LogP contribution in [0.25, 0.3) is 0 Å². The molecule has 0 saturated carbocycles. The maximum absolute atomic E-state index is 8.99. The Morgan fingerprint density at radius 1 is 1.38 bits per heavy atom. The SMILES string of the molecule is CC(CO)C(C)NC1CCSCC1. The van der Waals surface area contributed by atoms with E-state index in [2.05, 4.69) is 30.9 Å². The van der Waals surface area contributed by atoms with Crippen molar-refractivity contribution in [3.63, 3.8) is 0 Å². The number of thioether (sulfide) groups is 1. The highest BCUT2D eigenvalue weighted by Crippen LogP contribution is 2.18. The van der Waals surface area contributed by atoms with Gasteiger partial charge in [-0.3, -0.25) is 0 Å². The summed E-state index contributed by atoms with van der Waals surface area (Å²) in [5, 5.41) is 12.6. The van der Waals surface area contributed by atoms with E-state index in [9.17, 15) is 0 Å². The second-order valence-electron chi connectivity index (χ2n) is 4.00. The monoisotopic (exact) mass is 203 g/mol. The largest absolute Gasteiger partial charge is 0.396 e. The lowest BCUT2D eigenvalue weighted by Gasteiger charge is -2.28. The molecule has 1 aliphatic rings. The van der Waals surface area contributed by atoms with E-state index in [1.54, 1.807) is 0 Å². The third kappa shape index (κ3) is 3.88. The molecule has 0 aromatic rings. The zero-order chi connectivity index (χ0) is 9.68. The van der Waals surface area contributed by atoms with Gasteiger partial charge in [-0.15, -0.1) is 0 Å². The average Bonchev–Trinajstić information content (AvgIpc) is 2.18. The van der Waals surface area contributed by atoms with Crippen LogP contribution in [0.5, 0.6) is 0 Å². The first-order valence-electron chi connectivity index (χ1n) is 5.18. The fraction of sp³-hybridized carbons (Fsp3) is 1.00. The maximum atomic E-state index is 8.99. The van der Waals surface area contributed by atoms with Crippen LogP contribution in [-0.4, -0.2) is 35.3 Å². The van der Waals surface area contributed by atoms with E-state index in [-0.39, 0.29) is 6.61 Å². The number of hydrogen-bond donors (Lipinski definition) is 2. The van der Waals surface area contributed by atoms with Gasteiger partial charge in [0.05, 0.1) is 0 Å². The Bertz CT molecular complexity index is 137. The molecule has 0 aromatic carbocycles. The van der Waals surface area contributed by atoms with Crippen LogP contribution in [0.15, 0.2) is 0 Å². The first-order valence-corrected chi connectivity index (χ1v) is 6.34. The predicted molar refractivity (Wildman–Crippen MR) is 59.2 cm³/mol. The number of aliphatic hydroxyl groups is 1. The smallest absolute Gasteiger partial charge is 0.0471 e. The van der Waals surface area contributed by atoms with Crippen molar-refractivity contribution in [3.8, 4) is 0 Å². The third-order valence-electron chi connectivity index (χ3n) is 2.86. The molecule has 2 atom stereocenters. The highest BCUT2D eigenvalue weighted by atomic mass is 32.2. The van der Waals surface area contributed by atoms with Gasteiger partial charge in [0.15, 0.2) is 0 Å². The van der Waals surface area contributed by atoms with Crippen LogP contribution < -0.4 is 5.32 Å². The molecule has 0 spiro atoms. The molecule has 1 rings (SSSR count). The van der Waals surface area contributed by atoms with Crippen molar-refractivity contribution in [2.75, 3.05) is 18.1 Å². The summed E-state index contributed by atoms with van der Waals surface area (Å²) in [6, 6.07) is 1.13. The first kappa shape index (κ1) is 11.3. The van der Waals surface area contributed by atoms with Crippen molar-refractivity contribution in [1.82, 2.24) is 5.32 Å². The molecular formula is C10H21NOS. The molecule has 78 valence electrons. The topological polar surface area (TPSA) is 32.3 Å². The van der Waals surface area contributed by atoms with E-state index in [0.717, 1.165) is 0 Å². The molecule has 2 N–H and O–H groups in total. The van der Waals surface area contributed by atoms with E-state index in [1.807, 2.05) is 0 Å². The normalized spacial score (nSPS) is 24.2. The van der Waals surface area contributed by atoms with Gasteiger partial charge in [-0.2, -0.15) is 11.8 Å². The van der Waals surface area contributed by atoms with Gasteiger partial charge in [0.25, 0.3) is 0 Å². The molecule has 2 unspecified atom stereocenters. The Kier molecular flexibility index (Phi) is 5.14. The molecule has 0 amide bonds. The van der Waals surface area contributed by atoms with Crippen molar-refractivity contribution >= 4 is 11.8 Å². The summed E-state index contributed by atoms with van der Waals surface area (Å²) in [6.45, 7) is 4.55. The second kappa shape index (κ2) is 5.89. The van der Waals surface area contributed by atoms with E-state index < -0.39 is 0 Å². The Hall–Kier alpha value is 0.270. The molecule has 1 fully saturated rings. The fourth-order valence-electron chi connectivity index (χ4n) is 1.56. The van der Waals surface area contributed by atoms with Crippen molar-refractivity contribution in [3.05, 3.63) is 0 Å². The lowest BCUT2D eigenvalue weighted by atomic mass is 10.0. The molecule has 2 nitrogen and oxygen atoms in total. The molecular weight excluding hydrogens is 182 g/mol. The van der Waals surface area contributed by atoms with Gasteiger partial charge in [-0.1, -0.05) is 6.92 Å². The van der Waals surface area contributed by atoms with E-state index in [0.29, 0.717) is 18.0 Å². The Labute approximate surface area is 85.5 Å². The number of hydrogen-bond acceptors (Lipinski definition) is 3. The molecule has 1 saturated heterocycles. The Balaban J connectivity index is 2.21. The van der Waals surface area contributed by atoms with E-state index in [4.69, 9.17) is 5.11 Å². The summed E-state index contributed by atoms with van der Waals surface area (Å²) < 4.78 is 0. The highest BCUT2D eigenvalue weighted by Gasteiger charge is 2.18. The lowest BCUT2D eigenvalue weighted by Crippen LogP contribution is -2.42. The Morgan fingerprint density at radius 2 is 2.00 bits per heavy atom. The van der Waals surface area contributed by atoms with Gasteiger partial charge in [-0.05, 0) is 37.2 Å². The Morgan fingerprint density at radius 3 is 2.54 bits per heavy atom. The predicted octanol–water partition coefficient (Wildman–Crippen LogP) is 1.49. The summed E-state index contributed by atoms with van der Waals surface area (Å²) >= 11 is 2.05. The highest BCUT2D eigenvalue weighted by molar-refractivity contribution is 7.99. The average molecular weight is 203 g/mol. The van der Waals surface area contributed by atoms with Crippen LogP contribution in [-0.2, 0) is 0 Å². The standard InChI is InChI=1S/C10H21NOS/c1-8(7-12)9(2)11-10-3-5-13-6-4-10/h8-12H,3-7H2,1-2H3. The van der Waals surface area contributed by atoms with Crippen LogP contribution in [0.3, 0.4) is 0 Å². The molecule has 0 aliphatic carbocycles. The van der Waals surface area contributed by atoms with Crippen molar-refractivity contribution in [1.29, 1.82) is 0 Å². The van der Waals surface area contributed by atoms with E-state index >= 15 is 0 Å². The molecule has 13 heavy (non-hydrogen) atoms. The van der Waals surface area contributed by atoms with Gasteiger partial charge < -0.3 is 10.4 Å². The summed E-state index contributed by atoms with van der Waals surface area (Å²) in [5.74, 6) is 2.95. The minimum Gasteiger partial charge on any atom is -0.396 e. The summed E-state index contributed by atoms with van der Waals surface area (Å²) in [6.07, 6.45) is 2.57. The number of nitrogens with one attached hydrogen (secondary N) is 1. The van der Waals surface area contributed by atoms with E-state index in [1.165, 1.54) is 24.3 Å². The molecule has 0 aromatic heterocycles. The van der Waals surface area contributed by atoms with Gasteiger partial charge in [0.2, 0.25) is 0 Å². The maximum Gasteiger partial charge on any atom is 0.0471 e. The van der Waals surface area contributed by atoms with Crippen LogP contribution in [0.4, 0.5) is 0 Å². The summed E-state index contributed by atoms with van der Waals surface area (Å²) in [5.41, 5.74) is 0. The molecule has 1 heterocycles. The first-order chi connectivity index (χ1) is 6.24. The minimum absolute atomic E-state index is 0.287. The van der Waals surface area contributed by atoms with Gasteiger partial charge in [0, 0.05) is 18.7 Å². The summed E-state index contributed by atoms with van der Waals surface area (Å²) in [7, 11) is 0. The minimum atomic E-state index is 0.287. The van der Waals surface area contributed by atoms with Crippen LogP contribution >= 0.6 is 11.8 Å². The zero-order valence-corrected chi connectivity index (χ0v) is 9.44. The fourth-order valence-corrected chi connectivity index (χ4v) is 2.66. The quantitative estimate of drug-likeness (QED) is 0.726. The second-order valence-corrected chi connectivity index (χ2v) is 5.23. The van der Waals surface area contributed by atoms with Gasteiger partial charge >= 0.3 is 0 Å². The number of aliphatic hydroxyl groups excluding tert-OH is 1.